The Balaban J connectivity index is 1.77. The highest BCUT2D eigenvalue weighted by Crippen LogP contribution is 2.15. The summed E-state index contributed by atoms with van der Waals surface area (Å²) in [6.45, 7) is 4.32. The Morgan fingerprint density at radius 3 is 1.80 bits per heavy atom. The van der Waals surface area contributed by atoms with Crippen LogP contribution in [0.4, 0.5) is 0 Å². The maximum Gasteiger partial charge on any atom is 0.305 e. The molecule has 0 radical (unpaired) electrons. The van der Waals surface area contributed by atoms with Crippen LogP contribution >= 0.6 is 0 Å². The van der Waals surface area contributed by atoms with Gasteiger partial charge in [0.1, 0.15) is 6.61 Å². The largest absolute Gasteiger partial charge is 0.464 e. The Kier molecular flexibility index (Phi) is 22.0. The van der Waals surface area contributed by atoms with Crippen molar-refractivity contribution in [3.8, 4) is 0 Å². The third-order valence-electron chi connectivity index (χ3n) is 7.08. The standard InChI is InChI=1S/C30H56N2O3/c1-2-3-4-5-6-7-8-9-10-11-12-13-14-15-16-17-18-19-20-23-30(34)35-28-27-32-26-25-31-24-21-22-29(32)33/h24H,2-23,25-28H2,1H3. The van der Waals surface area contributed by atoms with Crippen LogP contribution in [0.1, 0.15) is 148 Å². The highest BCUT2D eigenvalue weighted by atomic mass is 16.5. The van der Waals surface area contributed by atoms with Gasteiger partial charge in [-0.2, -0.15) is 0 Å². The van der Waals surface area contributed by atoms with Crippen molar-refractivity contribution in [3.63, 3.8) is 0 Å². The number of aliphatic imine (C=N–C) groups is 1. The van der Waals surface area contributed by atoms with E-state index in [0.717, 1.165) is 12.8 Å². The minimum Gasteiger partial charge on any atom is -0.464 e. The van der Waals surface area contributed by atoms with E-state index in [2.05, 4.69) is 11.9 Å². The van der Waals surface area contributed by atoms with Crippen LogP contribution in [0.15, 0.2) is 4.99 Å². The lowest BCUT2D eigenvalue weighted by Crippen LogP contribution is -2.37. The van der Waals surface area contributed by atoms with E-state index < -0.39 is 0 Å². The molecule has 0 unspecified atom stereocenters. The van der Waals surface area contributed by atoms with Crippen molar-refractivity contribution in [1.82, 2.24) is 4.90 Å². The summed E-state index contributed by atoms with van der Waals surface area (Å²) in [4.78, 5) is 30.0. The number of esters is 1. The third-order valence-corrected chi connectivity index (χ3v) is 7.08. The molecule has 0 spiro atoms. The van der Waals surface area contributed by atoms with Gasteiger partial charge in [0.15, 0.2) is 0 Å². The quantitative estimate of drug-likeness (QED) is 0.107. The van der Waals surface area contributed by atoms with Crippen LogP contribution in [-0.4, -0.2) is 49.2 Å². The molecule has 0 aromatic carbocycles. The Bertz CT molecular complexity index is 536. The van der Waals surface area contributed by atoms with Crippen LogP contribution < -0.4 is 0 Å². The number of ether oxygens (including phenoxy) is 1. The molecule has 1 rings (SSSR count). The molecule has 0 N–H and O–H groups in total. The number of rotatable bonds is 23. The molecule has 0 saturated heterocycles. The summed E-state index contributed by atoms with van der Waals surface area (Å²) in [6, 6.07) is 0. The first-order valence-corrected chi connectivity index (χ1v) is 15.2. The van der Waals surface area contributed by atoms with Crippen LogP contribution in [0, 0.1) is 0 Å². The van der Waals surface area contributed by atoms with Crippen molar-refractivity contribution >= 4 is 18.1 Å². The monoisotopic (exact) mass is 492 g/mol. The molecule has 0 atom stereocenters. The number of amides is 1. The van der Waals surface area contributed by atoms with Gasteiger partial charge in [-0.15, -0.1) is 0 Å². The summed E-state index contributed by atoms with van der Waals surface area (Å²) in [5, 5.41) is 0. The summed E-state index contributed by atoms with van der Waals surface area (Å²) in [5.41, 5.74) is 0. The number of unbranched alkanes of at least 4 members (excludes halogenated alkanes) is 18. The average molecular weight is 493 g/mol. The topological polar surface area (TPSA) is 59.0 Å². The molecular formula is C30H56N2O3. The Hall–Kier alpha value is -1.39. The van der Waals surface area contributed by atoms with Gasteiger partial charge in [0.25, 0.3) is 0 Å². The number of nitrogens with zero attached hydrogens (tertiary/aromatic N) is 2. The fourth-order valence-electron chi connectivity index (χ4n) is 4.76. The molecule has 1 aliphatic heterocycles. The molecule has 0 aromatic rings. The summed E-state index contributed by atoms with van der Waals surface area (Å²) < 4.78 is 5.33. The van der Waals surface area contributed by atoms with Gasteiger partial charge in [-0.1, -0.05) is 122 Å². The summed E-state index contributed by atoms with van der Waals surface area (Å²) in [6.07, 6.45) is 29.2. The van der Waals surface area contributed by atoms with Gasteiger partial charge in [0, 0.05) is 19.4 Å². The van der Waals surface area contributed by atoms with Gasteiger partial charge in [-0.25, -0.2) is 0 Å². The predicted molar refractivity (Wildman–Crippen MR) is 148 cm³/mol. The lowest BCUT2D eigenvalue weighted by molar-refractivity contribution is -0.146. The molecule has 5 heteroatoms. The molecule has 5 nitrogen and oxygen atoms in total. The van der Waals surface area contributed by atoms with Crippen LogP contribution in [0.2, 0.25) is 0 Å². The van der Waals surface area contributed by atoms with E-state index in [1.807, 2.05) is 6.21 Å². The van der Waals surface area contributed by atoms with E-state index >= 15 is 0 Å². The van der Waals surface area contributed by atoms with E-state index in [4.69, 9.17) is 4.74 Å². The van der Waals surface area contributed by atoms with Gasteiger partial charge < -0.3 is 9.64 Å². The van der Waals surface area contributed by atoms with Crippen molar-refractivity contribution in [1.29, 1.82) is 0 Å². The molecule has 204 valence electrons. The Morgan fingerprint density at radius 2 is 1.29 bits per heavy atom. The molecule has 0 aliphatic carbocycles. The van der Waals surface area contributed by atoms with Crippen molar-refractivity contribution < 1.29 is 14.3 Å². The van der Waals surface area contributed by atoms with Gasteiger partial charge in [-0.05, 0) is 19.1 Å². The summed E-state index contributed by atoms with van der Waals surface area (Å²) >= 11 is 0. The molecule has 0 aromatic heterocycles. The minimum absolute atomic E-state index is 0.130. The SMILES string of the molecule is CCCCCCCCCCCCCCCCCCCCCC(=O)OCCN1CCN=CCCC1=O. The zero-order valence-electron chi connectivity index (χ0n) is 23.1. The molecule has 1 aliphatic rings. The van der Waals surface area contributed by atoms with Gasteiger partial charge in [-0.3, -0.25) is 14.6 Å². The van der Waals surface area contributed by atoms with Gasteiger partial charge >= 0.3 is 5.97 Å². The number of carbonyl (C=O) groups is 2. The molecular weight excluding hydrogens is 436 g/mol. The van der Waals surface area contributed by atoms with Crippen molar-refractivity contribution in [2.24, 2.45) is 4.99 Å². The fourth-order valence-corrected chi connectivity index (χ4v) is 4.76. The van der Waals surface area contributed by atoms with Crippen LogP contribution in [0.5, 0.6) is 0 Å². The molecule has 0 fully saturated rings. The average Bonchev–Trinajstić information content (AvgIpc) is 2.84. The highest BCUT2D eigenvalue weighted by molar-refractivity contribution is 5.79. The summed E-state index contributed by atoms with van der Waals surface area (Å²) in [7, 11) is 0. The zero-order valence-corrected chi connectivity index (χ0v) is 23.1. The fraction of sp³-hybridized carbons (Fsp3) is 0.900. The van der Waals surface area contributed by atoms with Gasteiger partial charge in [0.05, 0.1) is 13.1 Å². The zero-order chi connectivity index (χ0) is 25.2. The minimum atomic E-state index is -0.130. The first-order valence-electron chi connectivity index (χ1n) is 15.2. The maximum absolute atomic E-state index is 12.0. The second-order valence-electron chi connectivity index (χ2n) is 10.3. The molecule has 0 saturated carbocycles. The van der Waals surface area contributed by atoms with E-state index in [9.17, 15) is 9.59 Å². The maximum atomic E-state index is 12.0. The van der Waals surface area contributed by atoms with Gasteiger partial charge in [0.2, 0.25) is 5.91 Å². The van der Waals surface area contributed by atoms with E-state index in [1.165, 1.54) is 109 Å². The van der Waals surface area contributed by atoms with Crippen LogP contribution in [0.3, 0.4) is 0 Å². The van der Waals surface area contributed by atoms with E-state index in [0.29, 0.717) is 45.5 Å². The molecule has 0 bridgehead atoms. The second kappa shape index (κ2) is 24.3. The number of hydrogen-bond donors (Lipinski definition) is 0. The van der Waals surface area contributed by atoms with Crippen molar-refractivity contribution in [2.75, 3.05) is 26.2 Å². The lowest BCUT2D eigenvalue weighted by atomic mass is 10.0. The summed E-state index contributed by atoms with van der Waals surface area (Å²) in [5.74, 6) is 0.000453. The Morgan fingerprint density at radius 1 is 0.800 bits per heavy atom. The molecule has 1 heterocycles. The highest BCUT2D eigenvalue weighted by Gasteiger charge is 2.14. The molecule has 35 heavy (non-hydrogen) atoms. The Labute approximate surface area is 216 Å². The second-order valence-corrected chi connectivity index (χ2v) is 10.3. The first-order chi connectivity index (χ1) is 17.2. The normalized spacial score (nSPS) is 14.2. The number of carbonyl (C=O) groups excluding carboxylic acids is 2. The van der Waals surface area contributed by atoms with E-state index in [1.54, 1.807) is 4.90 Å². The van der Waals surface area contributed by atoms with Crippen molar-refractivity contribution in [3.05, 3.63) is 0 Å². The number of hydrogen-bond acceptors (Lipinski definition) is 4. The van der Waals surface area contributed by atoms with Crippen LogP contribution in [0.25, 0.3) is 0 Å². The van der Waals surface area contributed by atoms with Crippen molar-refractivity contribution in [2.45, 2.75) is 148 Å². The predicted octanol–water partition coefficient (Wildman–Crippen LogP) is 8.04. The first kappa shape index (κ1) is 31.6. The van der Waals surface area contributed by atoms with E-state index in [-0.39, 0.29) is 11.9 Å². The third kappa shape index (κ3) is 20.5. The molecule has 1 amide bonds. The lowest BCUT2D eigenvalue weighted by Gasteiger charge is -2.22. The smallest absolute Gasteiger partial charge is 0.305 e. The van der Waals surface area contributed by atoms with Crippen LogP contribution in [-0.2, 0) is 14.3 Å².